The van der Waals surface area contributed by atoms with Gasteiger partial charge in [-0.05, 0) is 69.6 Å². The second kappa shape index (κ2) is 5.46. The van der Waals surface area contributed by atoms with Crippen LogP contribution in [0, 0.1) is 16.6 Å². The Kier molecular flexibility index (Phi) is 3.44. The third kappa shape index (κ3) is 2.41. The minimum Gasteiger partial charge on any atom is -0.487 e. The van der Waals surface area contributed by atoms with E-state index in [2.05, 4.69) is 5.32 Å². The van der Waals surface area contributed by atoms with Crippen LogP contribution in [0.3, 0.4) is 0 Å². The van der Waals surface area contributed by atoms with Gasteiger partial charge in [0.05, 0.1) is 16.9 Å². The van der Waals surface area contributed by atoms with Gasteiger partial charge >= 0.3 is 5.97 Å². The molecule has 3 aliphatic carbocycles. The minimum absolute atomic E-state index is 0.0697. The monoisotopic (exact) mass is 373 g/mol. The van der Waals surface area contributed by atoms with E-state index in [0.29, 0.717) is 49.8 Å². The predicted molar refractivity (Wildman–Crippen MR) is 94.7 cm³/mol. The smallest absolute Gasteiger partial charge is 0.309 e. The number of fused-ring (bicyclic) bond motifs is 3. The highest BCUT2D eigenvalue weighted by atomic mass is 19.1. The lowest BCUT2D eigenvalue weighted by molar-refractivity contribution is -0.148. The number of amides is 1. The van der Waals surface area contributed by atoms with Gasteiger partial charge in [-0.15, -0.1) is 0 Å². The summed E-state index contributed by atoms with van der Waals surface area (Å²) in [5.74, 6) is -0.532. The summed E-state index contributed by atoms with van der Waals surface area (Å²) < 4.78 is 20.0. The molecule has 1 heterocycles. The van der Waals surface area contributed by atoms with Gasteiger partial charge in [0, 0.05) is 12.0 Å². The second-order valence-electron chi connectivity index (χ2n) is 9.09. The molecule has 3 fully saturated rings. The lowest BCUT2D eigenvalue weighted by Gasteiger charge is -2.48. The van der Waals surface area contributed by atoms with Gasteiger partial charge in [0.25, 0.3) is 0 Å². The van der Waals surface area contributed by atoms with Gasteiger partial charge in [-0.3, -0.25) is 9.59 Å². The first-order chi connectivity index (χ1) is 12.9. The molecule has 4 aliphatic rings. The van der Waals surface area contributed by atoms with Crippen molar-refractivity contribution in [2.45, 2.75) is 69.4 Å². The number of benzene rings is 1. The normalized spacial score (nSPS) is 35.2. The van der Waals surface area contributed by atoms with E-state index in [1.54, 1.807) is 6.07 Å². The summed E-state index contributed by atoms with van der Waals surface area (Å²) in [5, 5.41) is 12.8. The number of halogens is 1. The maximum Gasteiger partial charge on any atom is 0.309 e. The Bertz CT molecular complexity index is 823. The van der Waals surface area contributed by atoms with Crippen molar-refractivity contribution in [3.8, 4) is 5.75 Å². The van der Waals surface area contributed by atoms with Gasteiger partial charge in [-0.2, -0.15) is 0 Å². The number of carboxylic acid groups (broad SMARTS) is 1. The first-order valence-corrected chi connectivity index (χ1v) is 9.88. The molecule has 0 radical (unpaired) electrons. The van der Waals surface area contributed by atoms with Crippen molar-refractivity contribution in [3.63, 3.8) is 0 Å². The van der Waals surface area contributed by atoms with Crippen LogP contribution in [0.2, 0.25) is 0 Å². The molecule has 2 N–H and O–H groups in total. The maximum absolute atomic E-state index is 13.8. The van der Waals surface area contributed by atoms with E-state index >= 15 is 0 Å². The predicted octanol–water partition coefficient (Wildman–Crippen LogP) is 3.72. The third-order valence-corrected chi connectivity index (χ3v) is 7.60. The molecular formula is C21H24FNO4. The Balaban J connectivity index is 1.41. The van der Waals surface area contributed by atoms with Crippen molar-refractivity contribution < 1.29 is 23.8 Å². The molecule has 6 heteroatoms. The molecule has 1 amide bonds. The standard InChI is InChI=1S/C21H24FNO4/c22-13-2-3-16-14(10-13)15(11-21(27-16)4-1-5-21)23-17(24)19-6-8-20(12-19,9-7-19)18(25)26/h2-3,10,15H,1,4-9,11-12H2,(H,23,24)(H,25,26)/t15-,19?,20?/m0/s1. The summed E-state index contributed by atoms with van der Waals surface area (Å²) in [6, 6.07) is 4.21. The van der Waals surface area contributed by atoms with Crippen LogP contribution in [0.4, 0.5) is 4.39 Å². The fourth-order valence-corrected chi connectivity index (χ4v) is 5.76. The number of carbonyl (C=O) groups excluding carboxylic acids is 1. The van der Waals surface area contributed by atoms with Crippen LogP contribution in [0.15, 0.2) is 18.2 Å². The average molecular weight is 373 g/mol. The molecule has 2 bridgehead atoms. The van der Waals surface area contributed by atoms with Crippen molar-refractivity contribution >= 4 is 11.9 Å². The van der Waals surface area contributed by atoms with Crippen molar-refractivity contribution in [2.24, 2.45) is 10.8 Å². The van der Waals surface area contributed by atoms with Crippen LogP contribution in [0.25, 0.3) is 0 Å². The zero-order valence-corrected chi connectivity index (χ0v) is 15.2. The highest BCUT2D eigenvalue weighted by molar-refractivity contribution is 5.87. The number of ether oxygens (including phenoxy) is 1. The average Bonchev–Trinajstić information content (AvgIpc) is 3.20. The van der Waals surface area contributed by atoms with Crippen LogP contribution >= 0.6 is 0 Å². The summed E-state index contributed by atoms with van der Waals surface area (Å²) in [6.45, 7) is 0. The molecule has 0 saturated heterocycles. The molecule has 144 valence electrons. The van der Waals surface area contributed by atoms with Crippen LogP contribution in [0.5, 0.6) is 5.75 Å². The molecule has 0 aromatic heterocycles. The van der Waals surface area contributed by atoms with E-state index in [9.17, 15) is 19.1 Å². The molecule has 5 rings (SSSR count). The minimum atomic E-state index is -0.776. The summed E-state index contributed by atoms with van der Waals surface area (Å²) in [5.41, 5.74) is -0.877. The largest absolute Gasteiger partial charge is 0.487 e. The fourth-order valence-electron chi connectivity index (χ4n) is 5.76. The Morgan fingerprint density at radius 1 is 1.11 bits per heavy atom. The third-order valence-electron chi connectivity index (χ3n) is 7.60. The van der Waals surface area contributed by atoms with Crippen molar-refractivity contribution in [2.75, 3.05) is 0 Å². The molecule has 27 heavy (non-hydrogen) atoms. The number of carbonyl (C=O) groups is 2. The highest BCUT2D eigenvalue weighted by Crippen LogP contribution is 2.62. The number of carboxylic acids is 1. The van der Waals surface area contributed by atoms with E-state index in [-0.39, 0.29) is 23.4 Å². The first-order valence-electron chi connectivity index (χ1n) is 9.88. The molecule has 5 nitrogen and oxygen atoms in total. The zero-order valence-electron chi connectivity index (χ0n) is 15.2. The maximum atomic E-state index is 13.8. The van der Waals surface area contributed by atoms with E-state index in [0.717, 1.165) is 19.3 Å². The molecule has 3 saturated carbocycles. The Morgan fingerprint density at radius 2 is 1.81 bits per heavy atom. The van der Waals surface area contributed by atoms with Crippen molar-refractivity contribution in [3.05, 3.63) is 29.6 Å². The summed E-state index contributed by atoms with van der Waals surface area (Å²) >= 11 is 0. The Hall–Kier alpha value is -2.11. The molecule has 1 aliphatic heterocycles. The topological polar surface area (TPSA) is 75.6 Å². The number of aliphatic carboxylic acids is 1. The summed E-state index contributed by atoms with van der Waals surface area (Å²) in [6.07, 6.45) is 6.44. The second-order valence-corrected chi connectivity index (χ2v) is 9.09. The van der Waals surface area contributed by atoms with Gasteiger partial charge < -0.3 is 15.2 Å². The van der Waals surface area contributed by atoms with Gasteiger partial charge in [0.15, 0.2) is 0 Å². The number of hydrogen-bond donors (Lipinski definition) is 2. The molecule has 1 aromatic rings. The van der Waals surface area contributed by atoms with Crippen LogP contribution in [0.1, 0.15) is 69.4 Å². The molecule has 0 unspecified atom stereocenters. The molecule has 1 atom stereocenters. The molecule has 1 spiro atoms. The lowest BCUT2D eigenvalue weighted by Crippen LogP contribution is -2.51. The van der Waals surface area contributed by atoms with E-state index in [1.165, 1.54) is 12.1 Å². The summed E-state index contributed by atoms with van der Waals surface area (Å²) in [7, 11) is 0. The summed E-state index contributed by atoms with van der Waals surface area (Å²) in [4.78, 5) is 24.9. The number of rotatable bonds is 3. The van der Waals surface area contributed by atoms with Crippen LogP contribution < -0.4 is 10.1 Å². The zero-order chi connectivity index (χ0) is 18.9. The van der Waals surface area contributed by atoms with Crippen LogP contribution in [-0.4, -0.2) is 22.6 Å². The van der Waals surface area contributed by atoms with E-state index in [1.807, 2.05) is 0 Å². The van der Waals surface area contributed by atoms with Crippen LogP contribution in [-0.2, 0) is 9.59 Å². The first kappa shape index (κ1) is 17.0. The van der Waals surface area contributed by atoms with Crippen molar-refractivity contribution in [1.29, 1.82) is 0 Å². The number of nitrogens with one attached hydrogen (secondary N) is 1. The SMILES string of the molecule is O=C(O)C12CCC(C(=O)N[C@H]3CC4(CCC4)Oc4ccc(F)cc43)(CC1)C2. The molecule has 1 aromatic carbocycles. The molecular weight excluding hydrogens is 349 g/mol. The Morgan fingerprint density at radius 3 is 2.41 bits per heavy atom. The quantitative estimate of drug-likeness (QED) is 0.847. The fraction of sp³-hybridized carbons (Fsp3) is 0.619. The Labute approximate surface area is 157 Å². The number of hydrogen-bond acceptors (Lipinski definition) is 3. The highest BCUT2D eigenvalue weighted by Gasteiger charge is 2.61. The van der Waals surface area contributed by atoms with Gasteiger partial charge in [-0.25, -0.2) is 4.39 Å². The van der Waals surface area contributed by atoms with Gasteiger partial charge in [0.1, 0.15) is 17.2 Å². The van der Waals surface area contributed by atoms with Gasteiger partial charge in [-0.1, -0.05) is 0 Å². The van der Waals surface area contributed by atoms with Gasteiger partial charge in [0.2, 0.25) is 5.91 Å². The lowest BCUT2D eigenvalue weighted by atomic mass is 9.72. The van der Waals surface area contributed by atoms with E-state index in [4.69, 9.17) is 4.74 Å². The van der Waals surface area contributed by atoms with E-state index < -0.39 is 16.8 Å². The van der Waals surface area contributed by atoms with Crippen molar-refractivity contribution in [1.82, 2.24) is 5.32 Å².